The summed E-state index contributed by atoms with van der Waals surface area (Å²) in [7, 11) is 0. The fourth-order valence-electron chi connectivity index (χ4n) is 1.77. The van der Waals surface area contributed by atoms with Crippen molar-refractivity contribution >= 4 is 21.8 Å². The van der Waals surface area contributed by atoms with Crippen LogP contribution in [0.15, 0.2) is 16.7 Å². The van der Waals surface area contributed by atoms with Crippen LogP contribution in [0.4, 0.5) is 0 Å². The van der Waals surface area contributed by atoms with E-state index in [2.05, 4.69) is 15.9 Å². The second kappa shape index (κ2) is 5.01. The highest BCUT2D eigenvalue weighted by Crippen LogP contribution is 2.17. The number of nitrogens with zero attached hydrogens (tertiary/aromatic N) is 1. The van der Waals surface area contributed by atoms with E-state index in [-0.39, 0.29) is 11.9 Å². The standard InChI is InChI=1S/C11H14BrNO3/c1-8-2-4-16-10(8)11(14)13-3-5-15-7-9(13)6-12/h2,4,9H,3,5-7H2,1H3. The van der Waals surface area contributed by atoms with Crippen molar-refractivity contribution in [2.24, 2.45) is 0 Å². The molecule has 1 atom stereocenters. The number of furan rings is 1. The summed E-state index contributed by atoms with van der Waals surface area (Å²) in [5, 5.41) is 0.721. The molecular formula is C11H14BrNO3. The number of halogens is 1. The molecule has 0 bridgehead atoms. The van der Waals surface area contributed by atoms with Crippen molar-refractivity contribution in [1.29, 1.82) is 0 Å². The molecule has 1 aromatic rings. The highest BCUT2D eigenvalue weighted by molar-refractivity contribution is 9.09. The van der Waals surface area contributed by atoms with Gasteiger partial charge in [0.25, 0.3) is 5.91 Å². The Balaban J connectivity index is 2.17. The van der Waals surface area contributed by atoms with Crippen LogP contribution in [0, 0.1) is 6.92 Å². The van der Waals surface area contributed by atoms with Crippen LogP contribution in [0.25, 0.3) is 0 Å². The van der Waals surface area contributed by atoms with Crippen LogP contribution in [0.2, 0.25) is 0 Å². The highest BCUT2D eigenvalue weighted by Gasteiger charge is 2.29. The van der Waals surface area contributed by atoms with Gasteiger partial charge in [-0.1, -0.05) is 15.9 Å². The van der Waals surface area contributed by atoms with E-state index in [1.54, 1.807) is 12.3 Å². The zero-order valence-corrected chi connectivity index (χ0v) is 10.7. The van der Waals surface area contributed by atoms with Crippen LogP contribution in [0.3, 0.4) is 0 Å². The van der Waals surface area contributed by atoms with Gasteiger partial charge in [0, 0.05) is 17.4 Å². The summed E-state index contributed by atoms with van der Waals surface area (Å²) in [6, 6.07) is 1.89. The fourth-order valence-corrected chi connectivity index (χ4v) is 2.31. The van der Waals surface area contributed by atoms with E-state index < -0.39 is 0 Å². The van der Waals surface area contributed by atoms with Gasteiger partial charge >= 0.3 is 0 Å². The first-order valence-corrected chi connectivity index (χ1v) is 6.35. The SMILES string of the molecule is Cc1ccoc1C(=O)N1CCOCC1CBr. The number of rotatable bonds is 2. The minimum atomic E-state index is -0.0461. The number of carbonyl (C=O) groups excluding carboxylic acids is 1. The van der Waals surface area contributed by atoms with Gasteiger partial charge in [-0.3, -0.25) is 4.79 Å². The summed E-state index contributed by atoms with van der Waals surface area (Å²) in [6.45, 7) is 3.67. The lowest BCUT2D eigenvalue weighted by atomic mass is 10.2. The largest absolute Gasteiger partial charge is 0.459 e. The first-order valence-electron chi connectivity index (χ1n) is 5.23. The zero-order valence-electron chi connectivity index (χ0n) is 9.11. The fraction of sp³-hybridized carbons (Fsp3) is 0.545. The van der Waals surface area contributed by atoms with Gasteiger partial charge in [-0.25, -0.2) is 0 Å². The second-order valence-electron chi connectivity index (χ2n) is 3.81. The second-order valence-corrected chi connectivity index (χ2v) is 4.46. The molecule has 0 aromatic carbocycles. The molecule has 0 aliphatic carbocycles. The van der Waals surface area contributed by atoms with Gasteiger partial charge in [-0.2, -0.15) is 0 Å². The van der Waals surface area contributed by atoms with Crippen LogP contribution in [0.5, 0.6) is 0 Å². The Morgan fingerprint density at radius 1 is 1.69 bits per heavy atom. The maximum absolute atomic E-state index is 12.2. The molecular weight excluding hydrogens is 274 g/mol. The van der Waals surface area contributed by atoms with Crippen LogP contribution < -0.4 is 0 Å². The number of amides is 1. The number of carbonyl (C=O) groups is 1. The first-order chi connectivity index (χ1) is 7.74. The number of morpholine rings is 1. The van der Waals surface area contributed by atoms with E-state index in [1.165, 1.54) is 0 Å². The first kappa shape index (κ1) is 11.7. The molecule has 0 N–H and O–H groups in total. The van der Waals surface area contributed by atoms with E-state index in [1.807, 2.05) is 11.8 Å². The molecule has 1 aliphatic heterocycles. The van der Waals surface area contributed by atoms with Crippen molar-refractivity contribution < 1.29 is 13.9 Å². The van der Waals surface area contributed by atoms with Crippen molar-refractivity contribution in [3.05, 3.63) is 23.7 Å². The number of alkyl halides is 1. The molecule has 2 heterocycles. The van der Waals surface area contributed by atoms with Gasteiger partial charge in [0.1, 0.15) is 0 Å². The van der Waals surface area contributed by atoms with Crippen molar-refractivity contribution in [2.45, 2.75) is 13.0 Å². The smallest absolute Gasteiger partial charge is 0.290 e. The minimum absolute atomic E-state index is 0.0461. The molecule has 5 heteroatoms. The third-order valence-electron chi connectivity index (χ3n) is 2.72. The molecule has 2 rings (SSSR count). The van der Waals surface area contributed by atoms with Gasteiger partial charge in [0.2, 0.25) is 0 Å². The molecule has 16 heavy (non-hydrogen) atoms. The van der Waals surface area contributed by atoms with E-state index in [0.717, 1.165) is 10.9 Å². The van der Waals surface area contributed by atoms with E-state index in [0.29, 0.717) is 25.5 Å². The average molecular weight is 288 g/mol. The highest BCUT2D eigenvalue weighted by atomic mass is 79.9. The molecule has 1 saturated heterocycles. The van der Waals surface area contributed by atoms with E-state index >= 15 is 0 Å². The van der Waals surface area contributed by atoms with Gasteiger partial charge in [-0.05, 0) is 13.0 Å². The summed E-state index contributed by atoms with van der Waals surface area (Å²) >= 11 is 3.40. The molecule has 1 amide bonds. The van der Waals surface area contributed by atoms with Gasteiger partial charge < -0.3 is 14.1 Å². The normalized spacial score (nSPS) is 21.1. The Morgan fingerprint density at radius 3 is 3.12 bits per heavy atom. The Bertz CT molecular complexity index is 377. The molecule has 1 unspecified atom stereocenters. The molecule has 4 nitrogen and oxygen atoms in total. The number of ether oxygens (including phenoxy) is 1. The third-order valence-corrected chi connectivity index (χ3v) is 3.47. The van der Waals surface area contributed by atoms with Crippen molar-refractivity contribution in [3.8, 4) is 0 Å². The monoisotopic (exact) mass is 287 g/mol. The van der Waals surface area contributed by atoms with Crippen molar-refractivity contribution in [2.75, 3.05) is 25.1 Å². The van der Waals surface area contributed by atoms with E-state index in [9.17, 15) is 4.79 Å². The molecule has 1 aromatic heterocycles. The predicted octanol–water partition coefficient (Wildman–Crippen LogP) is 1.82. The predicted molar refractivity (Wildman–Crippen MR) is 62.9 cm³/mol. The van der Waals surface area contributed by atoms with E-state index in [4.69, 9.17) is 9.15 Å². The van der Waals surface area contributed by atoms with Crippen LogP contribution in [-0.2, 0) is 4.74 Å². The summed E-state index contributed by atoms with van der Waals surface area (Å²) in [5.74, 6) is 0.392. The molecule has 1 fully saturated rings. The lowest BCUT2D eigenvalue weighted by Crippen LogP contribution is -2.49. The lowest BCUT2D eigenvalue weighted by Gasteiger charge is -2.34. The zero-order chi connectivity index (χ0) is 11.5. The molecule has 1 aliphatic rings. The summed E-state index contributed by atoms with van der Waals surface area (Å²) < 4.78 is 10.6. The Morgan fingerprint density at radius 2 is 2.50 bits per heavy atom. The van der Waals surface area contributed by atoms with Gasteiger partial charge in [0.15, 0.2) is 5.76 Å². The summed E-state index contributed by atoms with van der Waals surface area (Å²) in [5.41, 5.74) is 0.879. The summed E-state index contributed by atoms with van der Waals surface area (Å²) in [6.07, 6.45) is 1.55. The minimum Gasteiger partial charge on any atom is -0.459 e. The van der Waals surface area contributed by atoms with Crippen LogP contribution in [0.1, 0.15) is 16.1 Å². The Kier molecular flexibility index (Phi) is 3.66. The lowest BCUT2D eigenvalue weighted by molar-refractivity contribution is 0.00354. The Hall–Kier alpha value is -0.810. The van der Waals surface area contributed by atoms with Gasteiger partial charge in [-0.15, -0.1) is 0 Å². The number of hydrogen-bond acceptors (Lipinski definition) is 3. The Labute approximate surface area is 103 Å². The maximum atomic E-state index is 12.2. The molecule has 0 saturated carbocycles. The average Bonchev–Trinajstić information content (AvgIpc) is 2.74. The summed E-state index contributed by atoms with van der Waals surface area (Å²) in [4.78, 5) is 14.0. The topological polar surface area (TPSA) is 42.7 Å². The third kappa shape index (κ3) is 2.15. The quantitative estimate of drug-likeness (QED) is 0.780. The number of hydrogen-bond donors (Lipinski definition) is 0. The van der Waals surface area contributed by atoms with Gasteiger partial charge in [0.05, 0.1) is 25.5 Å². The molecule has 0 radical (unpaired) electrons. The van der Waals surface area contributed by atoms with Crippen LogP contribution in [-0.4, -0.2) is 41.9 Å². The molecule has 88 valence electrons. The maximum Gasteiger partial charge on any atom is 0.290 e. The van der Waals surface area contributed by atoms with Crippen LogP contribution >= 0.6 is 15.9 Å². The van der Waals surface area contributed by atoms with Crippen molar-refractivity contribution in [3.63, 3.8) is 0 Å². The number of aryl methyl sites for hydroxylation is 1. The van der Waals surface area contributed by atoms with Crippen molar-refractivity contribution in [1.82, 2.24) is 4.90 Å². The molecule has 0 spiro atoms.